The van der Waals surface area contributed by atoms with Crippen LogP contribution < -0.4 is 5.73 Å². The summed E-state index contributed by atoms with van der Waals surface area (Å²) in [5.74, 6) is -0.0742. The second kappa shape index (κ2) is 7.00. The van der Waals surface area contributed by atoms with Crippen molar-refractivity contribution in [3.8, 4) is 11.4 Å². The predicted octanol–water partition coefficient (Wildman–Crippen LogP) is 1.23. The van der Waals surface area contributed by atoms with Crippen LogP contribution in [0.4, 0.5) is 0 Å². The van der Waals surface area contributed by atoms with Crippen molar-refractivity contribution >= 4 is 11.8 Å². The van der Waals surface area contributed by atoms with Crippen LogP contribution in [0.15, 0.2) is 24.3 Å². The summed E-state index contributed by atoms with van der Waals surface area (Å²) in [5, 5.41) is 12.2. The third kappa shape index (κ3) is 3.67. The molecule has 8 heteroatoms. The number of nitrogens with zero attached hydrogens (tertiary/aromatic N) is 5. The Kier molecular flexibility index (Phi) is 4.78. The van der Waals surface area contributed by atoms with E-state index in [-0.39, 0.29) is 24.5 Å². The number of primary amides is 1. The van der Waals surface area contributed by atoms with Gasteiger partial charge in [-0.2, -0.15) is 4.80 Å². The van der Waals surface area contributed by atoms with Gasteiger partial charge in [-0.25, -0.2) is 0 Å². The van der Waals surface area contributed by atoms with E-state index >= 15 is 0 Å². The van der Waals surface area contributed by atoms with Crippen molar-refractivity contribution < 1.29 is 9.59 Å². The number of nitrogens with two attached hydrogens (primary N) is 1. The maximum atomic E-state index is 12.6. The lowest BCUT2D eigenvalue weighted by atomic mass is 9.97. The van der Waals surface area contributed by atoms with Gasteiger partial charge in [0.2, 0.25) is 17.6 Å². The lowest BCUT2D eigenvalue weighted by Gasteiger charge is -2.38. The van der Waals surface area contributed by atoms with Gasteiger partial charge in [-0.05, 0) is 50.5 Å². The third-order valence-electron chi connectivity index (χ3n) is 4.64. The van der Waals surface area contributed by atoms with Gasteiger partial charge in [0.15, 0.2) is 0 Å². The number of hydrogen-bond acceptors (Lipinski definition) is 5. The zero-order valence-electron chi connectivity index (χ0n) is 14.4. The topological polar surface area (TPSA) is 107 Å². The standard InChI is InChI=1S/C17H22N6O2/c1-11-4-3-5-12(2)23(11)15(24)10-22-20-17(19-21-22)14-8-6-13(7-9-14)16(18)25/h6-9,11-12H,3-5,10H2,1-2H3,(H2,18,25)/t11-,12+. The summed E-state index contributed by atoms with van der Waals surface area (Å²) in [5.41, 5.74) is 6.35. The first-order valence-electron chi connectivity index (χ1n) is 8.45. The molecule has 1 saturated heterocycles. The van der Waals surface area contributed by atoms with E-state index in [0.717, 1.165) is 19.3 Å². The van der Waals surface area contributed by atoms with Crippen LogP contribution in [0.25, 0.3) is 11.4 Å². The molecular formula is C17H22N6O2. The van der Waals surface area contributed by atoms with E-state index in [0.29, 0.717) is 17.0 Å². The number of carbonyl (C=O) groups is 2. The molecule has 0 spiro atoms. The molecule has 8 nitrogen and oxygen atoms in total. The molecule has 0 aliphatic carbocycles. The number of piperidine rings is 1. The van der Waals surface area contributed by atoms with Crippen LogP contribution >= 0.6 is 0 Å². The maximum absolute atomic E-state index is 12.6. The zero-order chi connectivity index (χ0) is 18.0. The number of rotatable bonds is 4. The lowest BCUT2D eigenvalue weighted by molar-refractivity contribution is -0.138. The van der Waals surface area contributed by atoms with E-state index in [9.17, 15) is 9.59 Å². The smallest absolute Gasteiger partial charge is 0.248 e. The van der Waals surface area contributed by atoms with E-state index < -0.39 is 5.91 Å². The molecule has 0 saturated carbocycles. The summed E-state index contributed by atoms with van der Waals surface area (Å²) >= 11 is 0. The Morgan fingerprint density at radius 1 is 1.16 bits per heavy atom. The van der Waals surface area contributed by atoms with Crippen molar-refractivity contribution in [2.75, 3.05) is 0 Å². The fourth-order valence-electron chi connectivity index (χ4n) is 3.32. The molecule has 2 atom stereocenters. The predicted molar refractivity (Wildman–Crippen MR) is 91.4 cm³/mol. The largest absolute Gasteiger partial charge is 0.366 e. The third-order valence-corrected chi connectivity index (χ3v) is 4.64. The summed E-state index contributed by atoms with van der Waals surface area (Å²) < 4.78 is 0. The monoisotopic (exact) mass is 342 g/mol. The first kappa shape index (κ1) is 17.1. The number of likely N-dealkylation sites (tertiary alicyclic amines) is 1. The first-order valence-corrected chi connectivity index (χ1v) is 8.45. The molecule has 132 valence electrons. The average Bonchev–Trinajstić information content (AvgIpc) is 3.03. The number of amides is 2. The van der Waals surface area contributed by atoms with Crippen molar-refractivity contribution in [2.45, 2.75) is 51.7 Å². The van der Waals surface area contributed by atoms with Gasteiger partial charge in [-0.15, -0.1) is 10.2 Å². The van der Waals surface area contributed by atoms with E-state index in [1.165, 1.54) is 4.80 Å². The molecule has 0 bridgehead atoms. The molecule has 2 heterocycles. The highest BCUT2D eigenvalue weighted by Crippen LogP contribution is 2.22. The van der Waals surface area contributed by atoms with Gasteiger partial charge in [-0.1, -0.05) is 12.1 Å². The van der Waals surface area contributed by atoms with E-state index in [1.807, 2.05) is 4.90 Å². The fraction of sp³-hybridized carbons (Fsp3) is 0.471. The minimum Gasteiger partial charge on any atom is -0.366 e. The number of hydrogen-bond donors (Lipinski definition) is 1. The Balaban J connectivity index is 1.71. The molecule has 1 aromatic carbocycles. The van der Waals surface area contributed by atoms with Crippen LogP contribution in [0.3, 0.4) is 0 Å². The van der Waals surface area contributed by atoms with Crippen LogP contribution in [-0.2, 0) is 11.3 Å². The SMILES string of the molecule is C[C@@H]1CCC[C@H](C)N1C(=O)Cn1nnc(-c2ccc(C(N)=O)cc2)n1. The molecule has 3 rings (SSSR count). The van der Waals surface area contributed by atoms with Gasteiger partial charge in [0, 0.05) is 23.2 Å². The molecule has 2 aromatic rings. The maximum Gasteiger partial charge on any atom is 0.248 e. The Hall–Kier alpha value is -2.77. The van der Waals surface area contributed by atoms with Crippen molar-refractivity contribution in [3.63, 3.8) is 0 Å². The molecule has 25 heavy (non-hydrogen) atoms. The van der Waals surface area contributed by atoms with Gasteiger partial charge in [-0.3, -0.25) is 9.59 Å². The molecule has 1 fully saturated rings. The number of tetrazole rings is 1. The molecule has 1 aliphatic rings. The van der Waals surface area contributed by atoms with Gasteiger partial charge in [0.25, 0.3) is 0 Å². The van der Waals surface area contributed by atoms with E-state index in [4.69, 9.17) is 5.73 Å². The lowest BCUT2D eigenvalue weighted by Crippen LogP contribution is -2.48. The van der Waals surface area contributed by atoms with Crippen LogP contribution in [0.2, 0.25) is 0 Å². The molecule has 2 N–H and O–H groups in total. The van der Waals surface area contributed by atoms with Gasteiger partial charge in [0.05, 0.1) is 0 Å². The van der Waals surface area contributed by atoms with E-state index in [1.54, 1.807) is 24.3 Å². The van der Waals surface area contributed by atoms with Crippen LogP contribution in [0, 0.1) is 0 Å². The second-order valence-electron chi connectivity index (χ2n) is 6.52. The average molecular weight is 342 g/mol. The van der Waals surface area contributed by atoms with Crippen molar-refractivity contribution in [2.24, 2.45) is 5.73 Å². The fourth-order valence-corrected chi connectivity index (χ4v) is 3.32. The highest BCUT2D eigenvalue weighted by Gasteiger charge is 2.29. The molecule has 2 amide bonds. The van der Waals surface area contributed by atoms with Crippen LogP contribution in [-0.4, -0.2) is 49.0 Å². The minimum absolute atomic E-state index is 0.00715. The number of benzene rings is 1. The summed E-state index contributed by atoms with van der Waals surface area (Å²) in [4.78, 5) is 26.9. The van der Waals surface area contributed by atoms with Crippen molar-refractivity contribution in [3.05, 3.63) is 29.8 Å². The first-order chi connectivity index (χ1) is 12.0. The molecule has 0 unspecified atom stereocenters. The molecule has 0 radical (unpaired) electrons. The second-order valence-corrected chi connectivity index (χ2v) is 6.52. The summed E-state index contributed by atoms with van der Waals surface area (Å²) in [7, 11) is 0. The highest BCUT2D eigenvalue weighted by molar-refractivity contribution is 5.93. The van der Waals surface area contributed by atoms with Gasteiger partial charge in [0.1, 0.15) is 6.54 Å². The van der Waals surface area contributed by atoms with Crippen molar-refractivity contribution in [1.29, 1.82) is 0 Å². The van der Waals surface area contributed by atoms with Crippen molar-refractivity contribution in [1.82, 2.24) is 25.1 Å². The quantitative estimate of drug-likeness (QED) is 0.899. The number of aromatic nitrogens is 4. The summed E-state index contributed by atoms with van der Waals surface area (Å²) in [6.07, 6.45) is 3.20. The van der Waals surface area contributed by atoms with Gasteiger partial charge >= 0.3 is 0 Å². The molecule has 1 aliphatic heterocycles. The number of carbonyl (C=O) groups excluding carboxylic acids is 2. The minimum atomic E-state index is -0.487. The summed E-state index contributed by atoms with van der Waals surface area (Å²) in [6.45, 7) is 4.23. The van der Waals surface area contributed by atoms with E-state index in [2.05, 4.69) is 29.3 Å². The Bertz CT molecular complexity index is 760. The van der Waals surface area contributed by atoms with Gasteiger partial charge < -0.3 is 10.6 Å². The Labute approximate surface area is 146 Å². The molecular weight excluding hydrogens is 320 g/mol. The zero-order valence-corrected chi connectivity index (χ0v) is 14.4. The summed E-state index contributed by atoms with van der Waals surface area (Å²) in [6, 6.07) is 7.11. The highest BCUT2D eigenvalue weighted by atomic mass is 16.2. The van der Waals surface area contributed by atoms with Crippen LogP contribution in [0.5, 0.6) is 0 Å². The van der Waals surface area contributed by atoms with Crippen LogP contribution in [0.1, 0.15) is 43.5 Å². The Morgan fingerprint density at radius 3 is 2.40 bits per heavy atom. The Morgan fingerprint density at radius 2 is 1.80 bits per heavy atom. The normalized spacial score (nSPS) is 20.5. The molecule has 1 aromatic heterocycles.